The van der Waals surface area contributed by atoms with E-state index >= 15 is 0 Å². The maximum Gasteiger partial charge on any atom is 0.0529 e. The molecule has 94 valence electrons. The van der Waals surface area contributed by atoms with E-state index in [1.54, 1.807) is 0 Å². The van der Waals surface area contributed by atoms with E-state index in [9.17, 15) is 0 Å². The molecular weight excluding hydrogens is 186 g/mol. The van der Waals surface area contributed by atoms with E-state index in [-0.39, 0.29) is 5.41 Å². The highest BCUT2D eigenvalue weighted by atomic mass is 16.5. The van der Waals surface area contributed by atoms with Crippen molar-refractivity contribution in [3.05, 3.63) is 0 Å². The summed E-state index contributed by atoms with van der Waals surface area (Å²) >= 11 is 0. The molecule has 0 fully saturated rings. The molecular formula is C13H31NO. The summed E-state index contributed by atoms with van der Waals surface area (Å²) < 4.78 is 5.66. The van der Waals surface area contributed by atoms with Crippen LogP contribution in [-0.2, 0) is 4.74 Å². The van der Waals surface area contributed by atoms with Crippen molar-refractivity contribution < 1.29 is 4.74 Å². The van der Waals surface area contributed by atoms with Gasteiger partial charge in [-0.25, -0.2) is 0 Å². The summed E-state index contributed by atoms with van der Waals surface area (Å²) in [7, 11) is 0. The summed E-state index contributed by atoms with van der Waals surface area (Å²) in [6, 6.07) is 0. The first-order chi connectivity index (χ1) is 6.83. The minimum absolute atomic E-state index is 0.115. The maximum absolute atomic E-state index is 5.66. The molecule has 0 bridgehead atoms. The molecule has 15 heavy (non-hydrogen) atoms. The lowest BCUT2D eigenvalue weighted by Gasteiger charge is -2.27. The second-order valence-electron chi connectivity index (χ2n) is 5.38. The highest BCUT2D eigenvalue weighted by molar-refractivity contribution is 4.70. The van der Waals surface area contributed by atoms with Gasteiger partial charge in [0.15, 0.2) is 0 Å². The fourth-order valence-corrected chi connectivity index (χ4v) is 0.765. The molecule has 0 amide bonds. The van der Waals surface area contributed by atoms with Crippen molar-refractivity contribution >= 4 is 0 Å². The van der Waals surface area contributed by atoms with E-state index < -0.39 is 0 Å². The van der Waals surface area contributed by atoms with E-state index in [1.807, 2.05) is 13.8 Å². The Morgan fingerprint density at radius 2 is 1.33 bits per heavy atom. The van der Waals surface area contributed by atoms with Crippen LogP contribution in [-0.4, -0.2) is 19.8 Å². The summed E-state index contributed by atoms with van der Waals surface area (Å²) in [4.78, 5) is 0. The lowest BCUT2D eigenvalue weighted by molar-refractivity contribution is 0.0168. The SMILES string of the molecule is CC.CCC(C)(C)COCC(C)(C)CN. The summed E-state index contributed by atoms with van der Waals surface area (Å²) in [5.41, 5.74) is 6.02. The minimum atomic E-state index is 0.115. The third-order valence-corrected chi connectivity index (χ3v) is 2.50. The molecule has 2 heteroatoms. The van der Waals surface area contributed by atoms with Crippen LogP contribution >= 0.6 is 0 Å². The molecule has 0 aliphatic heterocycles. The van der Waals surface area contributed by atoms with E-state index in [0.717, 1.165) is 19.6 Å². The van der Waals surface area contributed by atoms with Crippen molar-refractivity contribution in [3.8, 4) is 0 Å². The van der Waals surface area contributed by atoms with Crippen LogP contribution in [0.5, 0.6) is 0 Å². The van der Waals surface area contributed by atoms with Crippen LogP contribution in [0.15, 0.2) is 0 Å². The van der Waals surface area contributed by atoms with E-state index in [1.165, 1.54) is 0 Å². The van der Waals surface area contributed by atoms with Gasteiger partial charge in [-0.1, -0.05) is 48.5 Å². The van der Waals surface area contributed by atoms with Crippen LogP contribution in [0.1, 0.15) is 54.9 Å². The van der Waals surface area contributed by atoms with Crippen molar-refractivity contribution in [1.29, 1.82) is 0 Å². The zero-order valence-corrected chi connectivity index (χ0v) is 11.8. The highest BCUT2D eigenvalue weighted by Crippen LogP contribution is 2.21. The van der Waals surface area contributed by atoms with Gasteiger partial charge in [0.1, 0.15) is 0 Å². The summed E-state index contributed by atoms with van der Waals surface area (Å²) in [5.74, 6) is 0. The van der Waals surface area contributed by atoms with Crippen LogP contribution in [0.4, 0.5) is 0 Å². The van der Waals surface area contributed by atoms with Gasteiger partial charge in [0.2, 0.25) is 0 Å². The molecule has 0 saturated carbocycles. The lowest BCUT2D eigenvalue weighted by atomic mass is 9.91. The fourth-order valence-electron chi connectivity index (χ4n) is 0.765. The van der Waals surface area contributed by atoms with Crippen LogP contribution in [0.3, 0.4) is 0 Å². The van der Waals surface area contributed by atoms with Gasteiger partial charge < -0.3 is 10.5 Å². The number of ether oxygens (including phenoxy) is 1. The molecule has 0 aliphatic carbocycles. The van der Waals surface area contributed by atoms with Crippen LogP contribution in [0, 0.1) is 10.8 Å². The highest BCUT2D eigenvalue weighted by Gasteiger charge is 2.19. The molecule has 2 nitrogen and oxygen atoms in total. The molecule has 0 saturated heterocycles. The number of rotatable bonds is 6. The van der Waals surface area contributed by atoms with E-state index in [4.69, 9.17) is 10.5 Å². The zero-order chi connectivity index (χ0) is 12.5. The Labute approximate surface area is 96.6 Å². The van der Waals surface area contributed by atoms with Crippen molar-refractivity contribution in [1.82, 2.24) is 0 Å². The first kappa shape index (κ1) is 17.3. The minimum Gasteiger partial charge on any atom is -0.380 e. The van der Waals surface area contributed by atoms with E-state index in [2.05, 4.69) is 34.6 Å². The molecule has 0 unspecified atom stereocenters. The van der Waals surface area contributed by atoms with Gasteiger partial charge in [-0.2, -0.15) is 0 Å². The molecule has 0 radical (unpaired) electrons. The molecule has 0 aromatic rings. The van der Waals surface area contributed by atoms with Gasteiger partial charge in [0.05, 0.1) is 13.2 Å². The van der Waals surface area contributed by atoms with Gasteiger partial charge in [-0.05, 0) is 18.4 Å². The smallest absolute Gasteiger partial charge is 0.0529 e. The Balaban J connectivity index is 0. The predicted molar refractivity (Wildman–Crippen MR) is 69.1 cm³/mol. The van der Waals surface area contributed by atoms with Gasteiger partial charge in [-0.15, -0.1) is 0 Å². The normalized spacial score (nSPS) is 12.0. The summed E-state index contributed by atoms with van der Waals surface area (Å²) in [6.45, 7) is 17.2. The monoisotopic (exact) mass is 217 g/mol. The predicted octanol–water partition coefficient (Wildman–Crippen LogP) is 3.45. The number of hydrogen-bond donors (Lipinski definition) is 1. The van der Waals surface area contributed by atoms with Crippen molar-refractivity contribution in [2.24, 2.45) is 16.6 Å². The third-order valence-electron chi connectivity index (χ3n) is 2.50. The Bertz CT molecular complexity index is 125. The first-order valence-corrected chi connectivity index (χ1v) is 6.11. The molecule has 0 aliphatic rings. The van der Waals surface area contributed by atoms with Gasteiger partial charge in [0, 0.05) is 5.41 Å². The third kappa shape index (κ3) is 10.2. The number of nitrogens with two attached hydrogens (primary N) is 1. The van der Waals surface area contributed by atoms with Gasteiger partial charge in [0.25, 0.3) is 0 Å². The van der Waals surface area contributed by atoms with Crippen LogP contribution in [0.2, 0.25) is 0 Å². The zero-order valence-electron chi connectivity index (χ0n) is 11.8. The first-order valence-electron chi connectivity index (χ1n) is 6.11. The summed E-state index contributed by atoms with van der Waals surface area (Å²) in [6.07, 6.45) is 1.15. The molecule has 0 aromatic heterocycles. The largest absolute Gasteiger partial charge is 0.380 e. The average Bonchev–Trinajstić information content (AvgIpc) is 2.20. The van der Waals surface area contributed by atoms with Crippen molar-refractivity contribution in [2.45, 2.75) is 54.9 Å². The van der Waals surface area contributed by atoms with Gasteiger partial charge >= 0.3 is 0 Å². The molecule has 0 rings (SSSR count). The Hall–Kier alpha value is -0.0800. The Kier molecular flexibility index (Phi) is 9.37. The van der Waals surface area contributed by atoms with Crippen molar-refractivity contribution in [3.63, 3.8) is 0 Å². The molecule has 0 aromatic carbocycles. The molecule has 0 spiro atoms. The van der Waals surface area contributed by atoms with Crippen molar-refractivity contribution in [2.75, 3.05) is 19.8 Å². The maximum atomic E-state index is 5.66. The fraction of sp³-hybridized carbons (Fsp3) is 1.00. The van der Waals surface area contributed by atoms with Gasteiger partial charge in [-0.3, -0.25) is 0 Å². The second-order valence-corrected chi connectivity index (χ2v) is 5.38. The van der Waals surface area contributed by atoms with Crippen LogP contribution in [0.25, 0.3) is 0 Å². The quantitative estimate of drug-likeness (QED) is 0.739. The standard InChI is InChI=1S/C11H25NO.C2H6/c1-6-10(2,3)8-13-9-11(4,5)7-12;1-2/h6-9,12H2,1-5H3;1-2H3. The Morgan fingerprint density at radius 3 is 1.67 bits per heavy atom. The molecule has 2 N–H and O–H groups in total. The molecule has 0 atom stereocenters. The number of hydrogen-bond acceptors (Lipinski definition) is 2. The second kappa shape index (κ2) is 8.12. The van der Waals surface area contributed by atoms with E-state index in [0.29, 0.717) is 12.0 Å². The average molecular weight is 217 g/mol. The molecule has 0 heterocycles. The lowest BCUT2D eigenvalue weighted by Crippen LogP contribution is -2.31. The Morgan fingerprint density at radius 1 is 0.933 bits per heavy atom. The van der Waals surface area contributed by atoms with Crippen LogP contribution < -0.4 is 5.73 Å². The summed E-state index contributed by atoms with van der Waals surface area (Å²) in [5, 5.41) is 0. The topological polar surface area (TPSA) is 35.2 Å².